The first-order valence-electron chi connectivity index (χ1n) is 15.9. The largest absolute Gasteiger partial charge is 0.507 e. The summed E-state index contributed by atoms with van der Waals surface area (Å²) in [5.74, 6) is -2.79. The second-order valence-electron chi connectivity index (χ2n) is 11.3. The molecule has 0 amide bonds. The number of carbonyl (C=O) groups is 3. The van der Waals surface area contributed by atoms with Crippen molar-refractivity contribution in [2.45, 2.75) is 5.79 Å². The third kappa shape index (κ3) is 9.81. The van der Waals surface area contributed by atoms with Gasteiger partial charge in [0.15, 0.2) is 17.3 Å². The number of carbonyl (C=O) groups excluding carboxylic acids is 3. The van der Waals surface area contributed by atoms with Gasteiger partial charge in [0, 0.05) is 34.9 Å². The summed E-state index contributed by atoms with van der Waals surface area (Å²) in [4.78, 5) is 36.3. The molecular formula is C42H38O10. The quantitative estimate of drug-likeness (QED) is 0.0983. The van der Waals surface area contributed by atoms with Crippen molar-refractivity contribution in [3.63, 3.8) is 0 Å². The van der Waals surface area contributed by atoms with E-state index in [-0.39, 0.29) is 40.0 Å². The number of phenolic OH excluding ortho intramolecular Hbond substituents is 2. The van der Waals surface area contributed by atoms with E-state index in [1.807, 2.05) is 12.1 Å². The van der Waals surface area contributed by atoms with Crippen molar-refractivity contribution in [3.05, 3.63) is 179 Å². The highest BCUT2D eigenvalue weighted by atomic mass is 16.5. The molecule has 0 bridgehead atoms. The molecule has 4 N–H and O–H groups in total. The SMILES string of the molecule is COC1=CC(O)(O)C(C(=O)c2ccccc2)C=C1.COc1ccc(C(=O)c2ccccc2)c(O)c1.COc1ccc(C(=O)c2ccccc2)c(O)c1. The van der Waals surface area contributed by atoms with E-state index >= 15 is 0 Å². The minimum Gasteiger partial charge on any atom is -0.507 e. The second-order valence-corrected chi connectivity index (χ2v) is 11.3. The van der Waals surface area contributed by atoms with Crippen molar-refractivity contribution >= 4 is 17.3 Å². The lowest BCUT2D eigenvalue weighted by molar-refractivity contribution is -0.139. The summed E-state index contributed by atoms with van der Waals surface area (Å²) in [6, 6.07) is 35.5. The van der Waals surface area contributed by atoms with Crippen LogP contribution in [0.25, 0.3) is 0 Å². The summed E-state index contributed by atoms with van der Waals surface area (Å²) in [6.07, 6.45) is 4.11. The van der Waals surface area contributed by atoms with E-state index in [2.05, 4.69) is 0 Å². The third-order valence-corrected chi connectivity index (χ3v) is 7.81. The van der Waals surface area contributed by atoms with E-state index in [4.69, 9.17) is 14.2 Å². The molecular weight excluding hydrogens is 664 g/mol. The van der Waals surface area contributed by atoms with Gasteiger partial charge in [-0.2, -0.15) is 0 Å². The first-order chi connectivity index (χ1) is 25.0. The molecule has 52 heavy (non-hydrogen) atoms. The molecule has 0 spiro atoms. The summed E-state index contributed by atoms with van der Waals surface area (Å²) >= 11 is 0. The minimum atomic E-state index is -2.23. The zero-order valence-corrected chi connectivity index (χ0v) is 28.7. The van der Waals surface area contributed by atoms with E-state index in [1.54, 1.807) is 109 Å². The standard InChI is InChI=1S/C14H14O4.2C14H12O3/c1-18-11-7-8-12(14(16,17)9-11)13(15)10-5-3-2-4-6-10;2*1-17-11-7-8-12(13(15)9-11)14(16)10-5-3-2-4-6-10/h2-9,12,16-17H,1H3;2*2-9,15H,1H3. The normalized spacial score (nSPS) is 13.9. The molecule has 0 aliphatic heterocycles. The van der Waals surface area contributed by atoms with Gasteiger partial charge < -0.3 is 34.6 Å². The molecule has 0 saturated heterocycles. The minimum absolute atomic E-state index is 0.0711. The second kappa shape index (κ2) is 18.0. The molecule has 0 saturated carbocycles. The lowest BCUT2D eigenvalue weighted by Gasteiger charge is -2.28. The van der Waals surface area contributed by atoms with Crippen molar-refractivity contribution in [1.29, 1.82) is 0 Å². The van der Waals surface area contributed by atoms with E-state index in [1.165, 1.54) is 39.5 Å². The van der Waals surface area contributed by atoms with Gasteiger partial charge in [0.2, 0.25) is 5.79 Å². The van der Waals surface area contributed by atoms with Crippen molar-refractivity contribution < 1.29 is 49.0 Å². The van der Waals surface area contributed by atoms with Crippen LogP contribution < -0.4 is 9.47 Å². The van der Waals surface area contributed by atoms with Crippen molar-refractivity contribution in [1.82, 2.24) is 0 Å². The van der Waals surface area contributed by atoms with Crippen molar-refractivity contribution in [3.8, 4) is 23.0 Å². The molecule has 1 atom stereocenters. The number of ketones is 3. The van der Waals surface area contributed by atoms with Crippen LogP contribution in [-0.2, 0) is 4.74 Å². The monoisotopic (exact) mass is 702 g/mol. The average molecular weight is 703 g/mol. The van der Waals surface area contributed by atoms with Crippen LogP contribution in [0.4, 0.5) is 0 Å². The fourth-order valence-electron chi connectivity index (χ4n) is 5.02. The number of hydrogen-bond acceptors (Lipinski definition) is 10. The van der Waals surface area contributed by atoms with Crippen LogP contribution in [-0.4, -0.2) is 64.9 Å². The lowest BCUT2D eigenvalue weighted by atomic mass is 9.86. The Morgan fingerprint density at radius 1 is 0.558 bits per heavy atom. The van der Waals surface area contributed by atoms with Crippen LogP contribution in [0.5, 0.6) is 23.0 Å². The number of ether oxygens (including phenoxy) is 3. The maximum Gasteiger partial charge on any atom is 0.200 e. The Morgan fingerprint density at radius 2 is 0.962 bits per heavy atom. The van der Waals surface area contributed by atoms with Crippen LogP contribution >= 0.6 is 0 Å². The number of phenols is 2. The fourth-order valence-corrected chi connectivity index (χ4v) is 5.02. The predicted octanol–water partition coefficient (Wildman–Crippen LogP) is 6.53. The van der Waals surface area contributed by atoms with Crippen LogP contribution in [0.2, 0.25) is 0 Å². The smallest absolute Gasteiger partial charge is 0.200 e. The molecule has 10 heteroatoms. The van der Waals surface area contributed by atoms with E-state index < -0.39 is 11.7 Å². The Hall–Kier alpha value is -6.49. The van der Waals surface area contributed by atoms with Gasteiger partial charge >= 0.3 is 0 Å². The van der Waals surface area contributed by atoms with Gasteiger partial charge in [0.05, 0.1) is 38.4 Å². The fraction of sp³-hybridized carbons (Fsp3) is 0.119. The van der Waals surface area contributed by atoms with Gasteiger partial charge in [0.1, 0.15) is 28.8 Å². The predicted molar refractivity (Wildman–Crippen MR) is 195 cm³/mol. The first kappa shape index (κ1) is 38.3. The maximum atomic E-state index is 12.2. The highest BCUT2D eigenvalue weighted by molar-refractivity contribution is 6.11. The number of aliphatic hydroxyl groups is 2. The summed E-state index contributed by atoms with van der Waals surface area (Å²) in [5.41, 5.74) is 2.09. The van der Waals surface area contributed by atoms with E-state index in [9.17, 15) is 34.8 Å². The van der Waals surface area contributed by atoms with Crippen LogP contribution in [0.3, 0.4) is 0 Å². The molecule has 0 heterocycles. The molecule has 1 unspecified atom stereocenters. The maximum absolute atomic E-state index is 12.2. The number of methoxy groups -OCH3 is 3. The van der Waals surface area contributed by atoms with E-state index in [0.29, 0.717) is 33.9 Å². The van der Waals surface area contributed by atoms with Gasteiger partial charge in [-0.25, -0.2) is 0 Å². The van der Waals surface area contributed by atoms with E-state index in [0.717, 1.165) is 6.08 Å². The number of benzene rings is 5. The molecule has 5 aromatic carbocycles. The Balaban J connectivity index is 0.000000175. The molecule has 5 aromatic rings. The van der Waals surface area contributed by atoms with Crippen LogP contribution in [0, 0.1) is 5.92 Å². The Labute approximate surface area is 301 Å². The number of Topliss-reactive ketones (excluding diaryl/α,β-unsaturated/α-hetero) is 1. The topological polar surface area (TPSA) is 160 Å². The van der Waals surface area contributed by atoms with Crippen molar-refractivity contribution in [2.24, 2.45) is 5.92 Å². The highest BCUT2D eigenvalue weighted by Gasteiger charge is 2.39. The Morgan fingerprint density at radius 3 is 1.31 bits per heavy atom. The summed E-state index contributed by atoms with van der Waals surface area (Å²) in [5, 5.41) is 39.3. The van der Waals surface area contributed by atoms with Gasteiger partial charge in [0.25, 0.3) is 0 Å². The average Bonchev–Trinajstić information content (AvgIpc) is 3.18. The molecule has 266 valence electrons. The molecule has 0 radical (unpaired) electrons. The molecule has 0 aromatic heterocycles. The summed E-state index contributed by atoms with van der Waals surface area (Å²) in [6.45, 7) is 0. The van der Waals surface area contributed by atoms with Gasteiger partial charge in [-0.3, -0.25) is 14.4 Å². The summed E-state index contributed by atoms with van der Waals surface area (Å²) in [7, 11) is 4.44. The molecule has 0 fully saturated rings. The van der Waals surface area contributed by atoms with Gasteiger partial charge in [-0.15, -0.1) is 0 Å². The number of aromatic hydroxyl groups is 2. The molecule has 1 aliphatic carbocycles. The number of rotatable bonds is 9. The zero-order valence-electron chi connectivity index (χ0n) is 28.7. The van der Waals surface area contributed by atoms with Gasteiger partial charge in [-0.05, 0) is 30.3 Å². The third-order valence-electron chi connectivity index (χ3n) is 7.81. The molecule has 1 aliphatic rings. The Bertz CT molecular complexity index is 1940. The number of hydrogen-bond donors (Lipinski definition) is 4. The molecule has 10 nitrogen and oxygen atoms in total. The Kier molecular flexibility index (Phi) is 13.2. The highest BCUT2D eigenvalue weighted by Crippen LogP contribution is 2.29. The zero-order chi connectivity index (χ0) is 37.7. The number of allylic oxidation sites excluding steroid dienone is 1. The van der Waals surface area contributed by atoms with Crippen LogP contribution in [0.1, 0.15) is 42.2 Å². The van der Waals surface area contributed by atoms with Crippen LogP contribution in [0.15, 0.2) is 151 Å². The summed E-state index contributed by atoms with van der Waals surface area (Å²) < 4.78 is 14.8. The lowest BCUT2D eigenvalue weighted by Crippen LogP contribution is -2.41. The first-order valence-corrected chi connectivity index (χ1v) is 15.9. The molecule has 6 rings (SSSR count). The van der Waals surface area contributed by atoms with Crippen molar-refractivity contribution in [2.75, 3.05) is 21.3 Å². The van der Waals surface area contributed by atoms with Gasteiger partial charge in [-0.1, -0.05) is 97.1 Å².